The number of alkyl halides is 4. The lowest BCUT2D eigenvalue weighted by molar-refractivity contribution is -0.274. The zero-order valence-electron chi connectivity index (χ0n) is 26.9. The predicted octanol–water partition coefficient (Wildman–Crippen LogP) is 6.17. The number of rotatable bonds is 8. The minimum atomic E-state index is -4.91. The molecule has 1 aromatic rings. The molecule has 4 N–H and O–H groups in total. The Morgan fingerprint density at radius 2 is 1.67 bits per heavy atom. The molecular formula is C33H48F4N2O6S. The van der Waals surface area contributed by atoms with Crippen LogP contribution in [0.15, 0.2) is 29.2 Å². The number of carbonyl (C=O) groups excluding carboxylic acids is 1. The third-order valence-corrected chi connectivity index (χ3v) is 14.0. The Morgan fingerprint density at radius 3 is 2.30 bits per heavy atom. The summed E-state index contributed by atoms with van der Waals surface area (Å²) in [5.41, 5.74) is -0.287. The van der Waals surface area contributed by atoms with Crippen LogP contribution >= 0.6 is 0 Å². The van der Waals surface area contributed by atoms with E-state index >= 15 is 4.39 Å². The average Bonchev–Trinajstić information content (AvgIpc) is 3.32. The fourth-order valence-electron chi connectivity index (χ4n) is 10.6. The van der Waals surface area contributed by atoms with Crippen molar-refractivity contribution in [1.29, 1.82) is 0 Å². The molecule has 4 aliphatic carbocycles. The van der Waals surface area contributed by atoms with E-state index in [1.54, 1.807) is 0 Å². The van der Waals surface area contributed by atoms with Crippen LogP contribution in [0.2, 0.25) is 0 Å². The third-order valence-electron chi connectivity index (χ3n) is 12.6. The van der Waals surface area contributed by atoms with Crippen molar-refractivity contribution >= 4 is 16.1 Å². The normalized spacial score (nSPS) is 39.8. The molecule has 0 saturated heterocycles. The van der Waals surface area contributed by atoms with Crippen molar-refractivity contribution in [3.8, 4) is 5.75 Å². The number of halogens is 4. The second kappa shape index (κ2) is 12.7. The van der Waals surface area contributed by atoms with E-state index in [0.717, 1.165) is 56.4 Å². The summed E-state index contributed by atoms with van der Waals surface area (Å²) < 4.78 is 83.6. The summed E-state index contributed by atoms with van der Waals surface area (Å²) in [6, 6.07) is 2.63. The van der Waals surface area contributed by atoms with E-state index in [1.807, 2.05) is 11.6 Å². The van der Waals surface area contributed by atoms with Gasteiger partial charge in [-0.2, -0.15) is 0 Å². The van der Waals surface area contributed by atoms with Gasteiger partial charge < -0.3 is 20.3 Å². The number of ether oxygens (including phenoxy) is 1. The smallest absolute Gasteiger partial charge is 0.406 e. The number of carbonyl (C=O) groups is 1. The zero-order valence-corrected chi connectivity index (χ0v) is 27.7. The van der Waals surface area contributed by atoms with Gasteiger partial charge >= 0.3 is 12.4 Å². The summed E-state index contributed by atoms with van der Waals surface area (Å²) in [5.74, 6) is -0.00603. The monoisotopic (exact) mass is 676 g/mol. The fourth-order valence-corrected chi connectivity index (χ4v) is 11.5. The van der Waals surface area contributed by atoms with Gasteiger partial charge in [0.25, 0.3) is 10.0 Å². The van der Waals surface area contributed by atoms with Gasteiger partial charge in [-0.3, -0.25) is 0 Å². The molecule has 5 rings (SSSR count). The van der Waals surface area contributed by atoms with Crippen LogP contribution in [0.3, 0.4) is 0 Å². The van der Waals surface area contributed by atoms with Crippen molar-refractivity contribution in [2.24, 2.45) is 52.3 Å². The lowest BCUT2D eigenvalue weighted by Crippen LogP contribution is -2.65. The quantitative estimate of drug-likeness (QED) is 0.244. The summed E-state index contributed by atoms with van der Waals surface area (Å²) in [5, 5.41) is 24.9. The Kier molecular flexibility index (Phi) is 9.74. The minimum Gasteiger partial charge on any atom is -0.406 e. The van der Waals surface area contributed by atoms with Crippen LogP contribution in [-0.2, 0) is 10.0 Å². The molecule has 0 radical (unpaired) electrons. The van der Waals surface area contributed by atoms with E-state index in [2.05, 4.69) is 30.8 Å². The van der Waals surface area contributed by atoms with Gasteiger partial charge in [0.05, 0.1) is 17.1 Å². The number of hydrogen-bond donors (Lipinski definition) is 4. The first kappa shape index (κ1) is 35.2. The lowest BCUT2D eigenvalue weighted by Gasteiger charge is -2.65. The molecule has 2 amide bonds. The Labute approximate surface area is 269 Å². The number of sulfonamides is 1. The van der Waals surface area contributed by atoms with Crippen molar-refractivity contribution in [2.75, 3.05) is 6.54 Å². The highest BCUT2D eigenvalue weighted by atomic mass is 32.2. The minimum absolute atomic E-state index is 0.0278. The molecule has 8 nitrogen and oxygen atoms in total. The molecule has 0 bridgehead atoms. The van der Waals surface area contributed by atoms with Crippen LogP contribution in [0.1, 0.15) is 79.1 Å². The molecule has 0 aliphatic heterocycles. The van der Waals surface area contributed by atoms with Gasteiger partial charge in [-0.1, -0.05) is 34.1 Å². The Balaban J connectivity index is 1.19. The molecule has 13 heteroatoms. The average molecular weight is 677 g/mol. The van der Waals surface area contributed by atoms with Crippen molar-refractivity contribution in [3.63, 3.8) is 0 Å². The van der Waals surface area contributed by atoms with Crippen LogP contribution in [-0.4, -0.2) is 55.9 Å². The third kappa shape index (κ3) is 6.36. The number of nitrogens with one attached hydrogen (secondary N) is 2. The van der Waals surface area contributed by atoms with Crippen LogP contribution in [0.4, 0.5) is 22.4 Å². The second-order valence-corrected chi connectivity index (χ2v) is 16.5. The molecule has 12 atom stereocenters. The first-order valence-electron chi connectivity index (χ1n) is 16.6. The number of fused-ring (bicyclic) bond motifs is 5. The van der Waals surface area contributed by atoms with Gasteiger partial charge in [-0.25, -0.2) is 22.3 Å². The number of aliphatic hydroxyl groups excluding tert-OH is 2. The fraction of sp³-hybridized carbons (Fsp3) is 0.788. The molecule has 260 valence electrons. The van der Waals surface area contributed by atoms with E-state index in [9.17, 15) is 36.6 Å². The highest BCUT2D eigenvalue weighted by Crippen LogP contribution is 2.69. The van der Waals surface area contributed by atoms with Gasteiger partial charge in [-0.15, -0.1) is 13.2 Å². The lowest BCUT2D eigenvalue weighted by atomic mass is 9.41. The van der Waals surface area contributed by atoms with Gasteiger partial charge in [0, 0.05) is 12.5 Å². The Bertz CT molecular complexity index is 1360. The molecule has 0 aromatic heterocycles. The van der Waals surface area contributed by atoms with Crippen molar-refractivity contribution < 1.29 is 45.7 Å². The molecule has 5 unspecified atom stereocenters. The Morgan fingerprint density at radius 1 is 1.04 bits per heavy atom. The van der Waals surface area contributed by atoms with Crippen LogP contribution < -0.4 is 14.8 Å². The van der Waals surface area contributed by atoms with Crippen molar-refractivity contribution in [3.05, 3.63) is 24.3 Å². The number of aliphatic hydroxyl groups is 2. The maximum Gasteiger partial charge on any atom is 0.573 e. The summed E-state index contributed by atoms with van der Waals surface area (Å²) in [6.45, 7) is 8.91. The number of amides is 2. The molecular weight excluding hydrogens is 628 g/mol. The zero-order chi connectivity index (χ0) is 33.8. The van der Waals surface area contributed by atoms with E-state index in [1.165, 1.54) is 0 Å². The first-order chi connectivity index (χ1) is 21.4. The highest BCUT2D eigenvalue weighted by Gasteiger charge is 2.66. The summed E-state index contributed by atoms with van der Waals surface area (Å²) in [6.07, 6.45) is -1.47. The number of hydrogen-bond acceptors (Lipinski definition) is 6. The molecule has 1 aromatic carbocycles. The van der Waals surface area contributed by atoms with Gasteiger partial charge in [0.1, 0.15) is 11.9 Å². The summed E-state index contributed by atoms with van der Waals surface area (Å²) in [4.78, 5) is 12.1. The van der Waals surface area contributed by atoms with Crippen LogP contribution in [0.5, 0.6) is 5.75 Å². The molecule has 4 fully saturated rings. The van der Waals surface area contributed by atoms with E-state index in [-0.39, 0.29) is 51.9 Å². The maximum atomic E-state index is 15.6. The standard InChI is InChI=1S/C33H48F4N2O6S/c1-5-21-27-28(34)25(40)13-16-32(27,4)24-12-15-31(3)22(10-11-23(31)26(24)29(21)41)18(2)14-17-38-30(42)39-46(43,44)20-8-6-19(7-9-20)45-33(35,36)37/h6-9,18,21-29,40-41H,5,10-17H2,1-4H3,(H2,38,39,42)/t18-,21-,22?,23?,24?,25-,26?,27-,28+,29?,31-,32-/m1/s1. The van der Waals surface area contributed by atoms with Crippen LogP contribution in [0.25, 0.3) is 0 Å². The molecule has 4 saturated carbocycles. The number of urea groups is 1. The van der Waals surface area contributed by atoms with Gasteiger partial charge in [0.2, 0.25) is 0 Å². The number of benzene rings is 1. The predicted molar refractivity (Wildman–Crippen MR) is 163 cm³/mol. The van der Waals surface area contributed by atoms with Gasteiger partial charge in [0.15, 0.2) is 0 Å². The first-order valence-corrected chi connectivity index (χ1v) is 18.1. The molecule has 0 heterocycles. The second-order valence-electron chi connectivity index (χ2n) is 14.8. The summed E-state index contributed by atoms with van der Waals surface area (Å²) in [7, 11) is -4.32. The molecule has 4 aliphatic rings. The van der Waals surface area contributed by atoms with Crippen molar-refractivity contribution in [2.45, 2.75) is 109 Å². The SMILES string of the molecule is CC[C@H]1C(O)C2C3CCC([C@H](C)CCNC(=O)NS(=O)(=O)c4ccc(OC(F)(F)F)cc4)[C@@]3(C)CCC2[C@@]2(C)CC[C@@H](O)[C@H](F)[C@@H]12. The molecule has 0 spiro atoms. The maximum absolute atomic E-state index is 15.6. The Hall–Kier alpha value is -2.12. The molecule has 46 heavy (non-hydrogen) atoms. The van der Waals surface area contributed by atoms with E-state index in [0.29, 0.717) is 31.1 Å². The highest BCUT2D eigenvalue weighted by molar-refractivity contribution is 7.90. The van der Waals surface area contributed by atoms with Crippen LogP contribution in [0, 0.1) is 52.3 Å². The van der Waals surface area contributed by atoms with Gasteiger partial charge in [-0.05, 0) is 116 Å². The van der Waals surface area contributed by atoms with E-state index < -0.39 is 46.5 Å². The largest absolute Gasteiger partial charge is 0.573 e. The van der Waals surface area contributed by atoms with Crippen molar-refractivity contribution in [1.82, 2.24) is 10.0 Å². The topological polar surface area (TPSA) is 125 Å². The summed E-state index contributed by atoms with van der Waals surface area (Å²) >= 11 is 0. The van der Waals surface area contributed by atoms with E-state index in [4.69, 9.17) is 0 Å².